The van der Waals surface area contributed by atoms with Gasteiger partial charge in [0.15, 0.2) is 11.6 Å². The summed E-state index contributed by atoms with van der Waals surface area (Å²) < 4.78 is 25.3. The average molecular weight is 373 g/mol. The Kier molecular flexibility index (Phi) is 5.48. The molecule has 1 heterocycles. The van der Waals surface area contributed by atoms with Crippen LogP contribution in [-0.2, 0) is 21.0 Å². The number of thiophene rings is 1. The van der Waals surface area contributed by atoms with Gasteiger partial charge in [0, 0.05) is 10.3 Å². The third kappa shape index (κ3) is 3.52. The highest BCUT2D eigenvalue weighted by Crippen LogP contribution is 2.33. The highest BCUT2D eigenvalue weighted by molar-refractivity contribution is 7.21. The summed E-state index contributed by atoms with van der Waals surface area (Å²) in [6.45, 7) is 0.0695. The molecule has 3 aromatic rings. The molecule has 7 heteroatoms. The fourth-order valence-corrected chi connectivity index (χ4v) is 3.68. The Hall–Kier alpha value is -2.93. The van der Waals surface area contributed by atoms with E-state index in [0.717, 1.165) is 15.6 Å². The summed E-state index contributed by atoms with van der Waals surface area (Å²) in [6.07, 6.45) is 0. The second kappa shape index (κ2) is 7.97. The first-order valence-electron chi connectivity index (χ1n) is 7.73. The lowest BCUT2D eigenvalue weighted by Crippen LogP contribution is -2.18. The van der Waals surface area contributed by atoms with E-state index in [1.807, 2.05) is 24.3 Å². The molecule has 0 aliphatic carbocycles. The van der Waals surface area contributed by atoms with E-state index in [-0.39, 0.29) is 18.1 Å². The minimum absolute atomic E-state index is 0.0448. The Bertz CT molecular complexity index is 967. The molecule has 0 fully saturated rings. The maximum Gasteiger partial charge on any atom is 0.361 e. The Balaban J connectivity index is 2.06. The molecule has 0 atom stereocenters. The lowest BCUT2D eigenvalue weighted by molar-refractivity contribution is -0.132. The van der Waals surface area contributed by atoms with Crippen molar-refractivity contribution in [2.24, 2.45) is 5.16 Å². The lowest BCUT2D eigenvalue weighted by atomic mass is 10.1. The van der Waals surface area contributed by atoms with Crippen LogP contribution in [0, 0.1) is 5.82 Å². The van der Waals surface area contributed by atoms with Crippen LogP contribution in [0.5, 0.6) is 5.75 Å². The number of hydrogen-bond donors (Lipinski definition) is 0. The monoisotopic (exact) mass is 373 g/mol. The first kappa shape index (κ1) is 17.9. The van der Waals surface area contributed by atoms with Crippen molar-refractivity contribution in [2.75, 3.05) is 14.2 Å². The molecule has 0 spiro atoms. The number of halogens is 1. The molecule has 0 saturated heterocycles. The van der Waals surface area contributed by atoms with Gasteiger partial charge in [-0.1, -0.05) is 35.5 Å². The number of carbonyl (C=O) groups excluding carboxylic acids is 1. The van der Waals surface area contributed by atoms with Gasteiger partial charge in [-0.2, -0.15) is 0 Å². The number of hydrogen-bond acceptors (Lipinski definition) is 6. The summed E-state index contributed by atoms with van der Waals surface area (Å²) in [7, 11) is 2.63. The van der Waals surface area contributed by atoms with Crippen molar-refractivity contribution < 1.29 is 23.5 Å². The van der Waals surface area contributed by atoms with Crippen molar-refractivity contribution in [2.45, 2.75) is 6.61 Å². The molecule has 3 rings (SSSR count). The Morgan fingerprint density at radius 1 is 1.12 bits per heavy atom. The SMILES string of the molecule is CO/N=C(\C(=O)OC)c1sc2ccccc2c1COc1ccccc1F. The van der Waals surface area contributed by atoms with Crippen LogP contribution in [0.15, 0.2) is 53.7 Å². The first-order chi connectivity index (χ1) is 12.7. The number of fused-ring (bicyclic) bond motifs is 1. The van der Waals surface area contributed by atoms with E-state index >= 15 is 0 Å². The highest BCUT2D eigenvalue weighted by atomic mass is 32.1. The van der Waals surface area contributed by atoms with Gasteiger partial charge in [-0.3, -0.25) is 0 Å². The molecular formula is C19H16FNO4S. The molecule has 5 nitrogen and oxygen atoms in total. The van der Waals surface area contributed by atoms with E-state index in [1.165, 1.54) is 31.6 Å². The number of ether oxygens (including phenoxy) is 2. The van der Waals surface area contributed by atoms with Crippen LogP contribution in [0.3, 0.4) is 0 Å². The second-order valence-corrected chi connectivity index (χ2v) is 6.29. The molecule has 0 N–H and O–H groups in total. The van der Waals surface area contributed by atoms with Crippen LogP contribution in [0.1, 0.15) is 10.4 Å². The van der Waals surface area contributed by atoms with Gasteiger partial charge in [0.25, 0.3) is 0 Å². The van der Waals surface area contributed by atoms with Gasteiger partial charge in [0.2, 0.25) is 5.71 Å². The van der Waals surface area contributed by atoms with Gasteiger partial charge in [-0.15, -0.1) is 11.3 Å². The lowest BCUT2D eigenvalue weighted by Gasteiger charge is -2.09. The third-order valence-electron chi connectivity index (χ3n) is 3.68. The minimum atomic E-state index is -0.620. The number of nitrogens with zero attached hydrogens (tertiary/aromatic N) is 1. The normalized spacial score (nSPS) is 11.4. The number of rotatable bonds is 6. The Labute approximate surface area is 153 Å². The van der Waals surface area contributed by atoms with Gasteiger partial charge in [-0.05, 0) is 23.6 Å². The summed E-state index contributed by atoms with van der Waals surface area (Å²) in [4.78, 5) is 17.5. The first-order valence-corrected chi connectivity index (χ1v) is 8.55. The van der Waals surface area contributed by atoms with Crippen molar-refractivity contribution in [3.63, 3.8) is 0 Å². The Morgan fingerprint density at radius 2 is 1.85 bits per heavy atom. The minimum Gasteiger partial charge on any atom is -0.486 e. The number of benzene rings is 2. The quantitative estimate of drug-likeness (QED) is 0.370. The van der Waals surface area contributed by atoms with E-state index < -0.39 is 11.8 Å². The molecule has 26 heavy (non-hydrogen) atoms. The zero-order valence-corrected chi connectivity index (χ0v) is 15.0. The smallest absolute Gasteiger partial charge is 0.361 e. The number of esters is 1. The maximum absolute atomic E-state index is 13.9. The fraction of sp³-hybridized carbons (Fsp3) is 0.158. The average Bonchev–Trinajstić information content (AvgIpc) is 3.03. The van der Waals surface area contributed by atoms with Gasteiger partial charge >= 0.3 is 5.97 Å². The van der Waals surface area contributed by atoms with Gasteiger partial charge in [-0.25, -0.2) is 9.18 Å². The predicted octanol–water partition coefficient (Wildman–Crippen LogP) is 4.14. The standard InChI is InChI=1S/C19H16FNO4S/c1-23-19(22)17(21-24-2)18-13(12-7-3-6-10-16(12)26-18)11-25-15-9-5-4-8-14(15)20/h3-10H,11H2,1-2H3/b21-17-. The summed E-state index contributed by atoms with van der Waals surface area (Å²) in [5.74, 6) is -0.935. The molecule has 0 aliphatic heterocycles. The predicted molar refractivity (Wildman–Crippen MR) is 98.1 cm³/mol. The molecular weight excluding hydrogens is 357 g/mol. The second-order valence-electron chi connectivity index (χ2n) is 5.24. The summed E-state index contributed by atoms with van der Waals surface area (Å²) in [5, 5.41) is 4.72. The molecule has 0 saturated carbocycles. The molecule has 1 aromatic heterocycles. The molecule has 0 aliphatic rings. The van der Waals surface area contributed by atoms with E-state index in [4.69, 9.17) is 14.3 Å². The van der Waals surface area contributed by atoms with Crippen LogP contribution in [0.25, 0.3) is 10.1 Å². The molecule has 0 amide bonds. The van der Waals surface area contributed by atoms with E-state index in [1.54, 1.807) is 18.2 Å². The van der Waals surface area contributed by atoms with E-state index in [0.29, 0.717) is 4.88 Å². The van der Waals surface area contributed by atoms with Crippen molar-refractivity contribution in [1.82, 2.24) is 0 Å². The van der Waals surface area contributed by atoms with Crippen molar-refractivity contribution in [1.29, 1.82) is 0 Å². The van der Waals surface area contributed by atoms with Crippen molar-refractivity contribution in [3.05, 3.63) is 64.8 Å². The van der Waals surface area contributed by atoms with Gasteiger partial charge in [0.05, 0.1) is 12.0 Å². The van der Waals surface area contributed by atoms with E-state index in [9.17, 15) is 9.18 Å². The number of methoxy groups -OCH3 is 1. The van der Waals surface area contributed by atoms with Crippen LogP contribution in [-0.4, -0.2) is 25.9 Å². The number of carbonyl (C=O) groups is 1. The third-order valence-corrected chi connectivity index (χ3v) is 4.90. The van der Waals surface area contributed by atoms with Crippen LogP contribution >= 0.6 is 11.3 Å². The molecule has 2 aromatic carbocycles. The van der Waals surface area contributed by atoms with Crippen molar-refractivity contribution >= 4 is 33.1 Å². The molecule has 0 radical (unpaired) electrons. The zero-order valence-electron chi connectivity index (χ0n) is 14.2. The van der Waals surface area contributed by atoms with Crippen molar-refractivity contribution in [3.8, 4) is 5.75 Å². The van der Waals surface area contributed by atoms with Gasteiger partial charge in [0.1, 0.15) is 13.7 Å². The largest absolute Gasteiger partial charge is 0.486 e. The zero-order chi connectivity index (χ0) is 18.5. The molecule has 0 bridgehead atoms. The molecule has 0 unspecified atom stereocenters. The maximum atomic E-state index is 13.9. The number of oxime groups is 1. The summed E-state index contributed by atoms with van der Waals surface area (Å²) in [5.41, 5.74) is 0.762. The van der Waals surface area contributed by atoms with Crippen LogP contribution in [0.4, 0.5) is 4.39 Å². The van der Waals surface area contributed by atoms with Gasteiger partial charge < -0.3 is 14.3 Å². The van der Waals surface area contributed by atoms with E-state index in [2.05, 4.69) is 5.16 Å². The molecule has 134 valence electrons. The summed E-state index contributed by atoms with van der Waals surface area (Å²) in [6, 6.07) is 13.8. The summed E-state index contributed by atoms with van der Waals surface area (Å²) >= 11 is 1.37. The van der Waals surface area contributed by atoms with Crippen LogP contribution in [0.2, 0.25) is 0 Å². The highest BCUT2D eigenvalue weighted by Gasteiger charge is 2.24. The Morgan fingerprint density at radius 3 is 2.58 bits per heavy atom. The number of para-hydroxylation sites is 1. The fourth-order valence-electron chi connectivity index (χ4n) is 2.50. The topological polar surface area (TPSA) is 57.1 Å². The van der Waals surface area contributed by atoms with Crippen LogP contribution < -0.4 is 4.74 Å².